The van der Waals surface area contributed by atoms with Gasteiger partial charge in [0.15, 0.2) is 5.65 Å². The van der Waals surface area contributed by atoms with Crippen molar-refractivity contribution in [1.29, 1.82) is 0 Å². The first-order chi connectivity index (χ1) is 12.3. The first-order valence-electron chi connectivity index (χ1n) is 9.20. The highest BCUT2D eigenvalue weighted by molar-refractivity contribution is 6.00. The number of piperidine rings is 1. The van der Waals surface area contributed by atoms with Gasteiger partial charge in [0, 0.05) is 44.6 Å². The number of likely N-dealkylation sites (tertiary alicyclic amines) is 1. The number of rotatable bonds is 3. The van der Waals surface area contributed by atoms with Crippen LogP contribution in [0, 0.1) is 6.92 Å². The lowest BCUT2D eigenvalue weighted by Crippen LogP contribution is -2.37. The Labute approximate surface area is 153 Å². The molecule has 1 atom stereocenters. The smallest absolute Gasteiger partial charge is 0.221 e. The molecule has 2 aromatic heterocycles. The molecule has 1 aliphatic rings. The molecular weight excluding hydrogens is 330 g/mol. The summed E-state index contributed by atoms with van der Waals surface area (Å²) >= 11 is 0. The van der Waals surface area contributed by atoms with Gasteiger partial charge >= 0.3 is 0 Å². The second kappa shape index (κ2) is 7.05. The van der Waals surface area contributed by atoms with Crippen molar-refractivity contribution in [2.45, 2.75) is 59.4 Å². The number of pyridine rings is 1. The molecule has 0 spiro atoms. The predicted octanol–water partition coefficient (Wildman–Crippen LogP) is 3.00. The molecule has 2 aromatic rings. The van der Waals surface area contributed by atoms with Crippen molar-refractivity contribution in [1.82, 2.24) is 19.7 Å². The van der Waals surface area contributed by atoms with Crippen LogP contribution < -0.4 is 5.32 Å². The number of hydrogen-bond acceptors (Lipinski definition) is 4. The quantitative estimate of drug-likeness (QED) is 0.916. The van der Waals surface area contributed by atoms with Gasteiger partial charge < -0.3 is 10.2 Å². The van der Waals surface area contributed by atoms with Crippen LogP contribution in [0.1, 0.15) is 63.9 Å². The van der Waals surface area contributed by atoms with Gasteiger partial charge in [0.1, 0.15) is 0 Å². The lowest BCUT2D eigenvalue weighted by Gasteiger charge is -2.32. The van der Waals surface area contributed by atoms with Crippen LogP contribution >= 0.6 is 0 Å². The number of nitrogens with zero attached hydrogens (tertiary/aromatic N) is 4. The molecule has 0 aromatic carbocycles. The van der Waals surface area contributed by atoms with E-state index in [4.69, 9.17) is 4.98 Å². The Hall–Kier alpha value is -2.44. The van der Waals surface area contributed by atoms with Gasteiger partial charge in [-0.2, -0.15) is 5.10 Å². The van der Waals surface area contributed by atoms with Gasteiger partial charge in [0.05, 0.1) is 16.8 Å². The summed E-state index contributed by atoms with van der Waals surface area (Å²) in [6.45, 7) is 10.7. The van der Waals surface area contributed by atoms with Crippen molar-refractivity contribution in [3.8, 4) is 0 Å². The van der Waals surface area contributed by atoms with Crippen molar-refractivity contribution in [2.75, 3.05) is 18.4 Å². The first-order valence-corrected chi connectivity index (χ1v) is 9.20. The minimum atomic E-state index is -0.117. The summed E-state index contributed by atoms with van der Waals surface area (Å²) < 4.78 is 1.91. The number of carbonyl (C=O) groups excluding carboxylic acids is 2. The molecule has 7 heteroatoms. The molecule has 0 radical (unpaired) electrons. The molecule has 1 fully saturated rings. The van der Waals surface area contributed by atoms with Crippen LogP contribution in [0.4, 0.5) is 5.69 Å². The molecule has 26 heavy (non-hydrogen) atoms. The van der Waals surface area contributed by atoms with E-state index in [2.05, 4.69) is 24.3 Å². The highest BCUT2D eigenvalue weighted by atomic mass is 16.2. The van der Waals surface area contributed by atoms with Crippen LogP contribution in [0.3, 0.4) is 0 Å². The topological polar surface area (TPSA) is 80.1 Å². The monoisotopic (exact) mass is 357 g/mol. The lowest BCUT2D eigenvalue weighted by molar-refractivity contribution is -0.130. The summed E-state index contributed by atoms with van der Waals surface area (Å²) in [5.74, 6) is 0.149. The fraction of sp³-hybridized carbons (Fsp3) is 0.579. The van der Waals surface area contributed by atoms with E-state index >= 15 is 0 Å². The first kappa shape index (κ1) is 18.4. The summed E-state index contributed by atoms with van der Waals surface area (Å²) in [4.78, 5) is 30.3. The van der Waals surface area contributed by atoms with Gasteiger partial charge in [-0.15, -0.1) is 0 Å². The summed E-state index contributed by atoms with van der Waals surface area (Å²) in [6, 6.07) is 2.12. The molecule has 1 N–H and O–H groups in total. The molecule has 7 nitrogen and oxygen atoms in total. The minimum absolute atomic E-state index is 0.0981. The van der Waals surface area contributed by atoms with E-state index in [1.165, 1.54) is 6.92 Å². The third-order valence-electron chi connectivity index (χ3n) is 4.94. The largest absolute Gasteiger partial charge is 0.342 e. The molecule has 0 bridgehead atoms. The highest BCUT2D eigenvalue weighted by Crippen LogP contribution is 2.33. The second-order valence-corrected chi connectivity index (χ2v) is 7.40. The SMILES string of the molecule is CC(=O)Nc1cc([C@H]2CCCN(C(C)=O)C2)nc2c1c(C)nn2C(C)C. The van der Waals surface area contributed by atoms with Crippen molar-refractivity contribution in [3.05, 3.63) is 17.5 Å². The molecule has 0 unspecified atom stereocenters. The number of aromatic nitrogens is 3. The molecule has 2 amide bonds. The van der Waals surface area contributed by atoms with Crippen LogP contribution in [0.2, 0.25) is 0 Å². The lowest BCUT2D eigenvalue weighted by atomic mass is 9.93. The molecule has 3 rings (SSSR count). The van der Waals surface area contributed by atoms with Gasteiger partial charge in [-0.05, 0) is 39.7 Å². The van der Waals surface area contributed by atoms with Crippen molar-refractivity contribution < 1.29 is 9.59 Å². The fourth-order valence-electron chi connectivity index (χ4n) is 3.69. The standard InChI is InChI=1S/C19H27N5O2/c1-11(2)24-19-18(12(3)22-24)17(20-13(4)25)9-16(21-19)15-7-6-8-23(10-15)14(5)26/h9,11,15H,6-8,10H2,1-5H3,(H,20,21,25)/t15-/m0/s1. The Morgan fingerprint density at radius 3 is 2.65 bits per heavy atom. The van der Waals surface area contributed by atoms with Gasteiger partial charge in [-0.25, -0.2) is 9.67 Å². The minimum Gasteiger partial charge on any atom is -0.342 e. The zero-order valence-corrected chi connectivity index (χ0v) is 16.2. The Balaban J connectivity index is 2.12. The van der Waals surface area contributed by atoms with Gasteiger partial charge in [-0.1, -0.05) is 0 Å². The van der Waals surface area contributed by atoms with Crippen molar-refractivity contribution >= 4 is 28.5 Å². The van der Waals surface area contributed by atoms with E-state index in [1.54, 1.807) is 6.92 Å². The number of fused-ring (bicyclic) bond motifs is 1. The van der Waals surface area contributed by atoms with E-state index in [9.17, 15) is 9.59 Å². The third kappa shape index (κ3) is 3.43. The molecule has 0 saturated carbocycles. The Kier molecular flexibility index (Phi) is 4.98. The summed E-state index contributed by atoms with van der Waals surface area (Å²) in [6.07, 6.45) is 1.94. The Bertz CT molecular complexity index is 855. The van der Waals surface area contributed by atoms with Crippen molar-refractivity contribution in [3.63, 3.8) is 0 Å². The summed E-state index contributed by atoms with van der Waals surface area (Å²) in [5.41, 5.74) is 3.31. The molecular formula is C19H27N5O2. The number of carbonyl (C=O) groups is 2. The maximum absolute atomic E-state index is 11.8. The molecule has 0 aliphatic carbocycles. The number of amides is 2. The van der Waals surface area contributed by atoms with Crippen molar-refractivity contribution in [2.24, 2.45) is 0 Å². The maximum atomic E-state index is 11.8. The molecule has 1 saturated heterocycles. The average Bonchev–Trinajstić information content (AvgIpc) is 2.92. The Morgan fingerprint density at radius 2 is 2.04 bits per heavy atom. The van der Waals surface area contributed by atoms with Crippen LogP contribution in [-0.4, -0.2) is 44.6 Å². The van der Waals surface area contributed by atoms with Gasteiger partial charge in [0.2, 0.25) is 11.8 Å². The number of nitrogens with one attached hydrogen (secondary N) is 1. The number of hydrogen-bond donors (Lipinski definition) is 1. The molecule has 3 heterocycles. The van der Waals surface area contributed by atoms with Crippen LogP contribution in [0.25, 0.3) is 11.0 Å². The second-order valence-electron chi connectivity index (χ2n) is 7.40. The summed E-state index contributed by atoms with van der Waals surface area (Å²) in [7, 11) is 0. The van der Waals surface area contributed by atoms with E-state index < -0.39 is 0 Å². The van der Waals surface area contributed by atoms with Gasteiger partial charge in [0.25, 0.3) is 0 Å². The third-order valence-corrected chi connectivity index (χ3v) is 4.94. The van der Waals surface area contributed by atoms with E-state index in [1.807, 2.05) is 22.6 Å². The zero-order valence-electron chi connectivity index (χ0n) is 16.2. The van der Waals surface area contributed by atoms with Crippen LogP contribution in [-0.2, 0) is 9.59 Å². The van der Waals surface area contributed by atoms with Crippen LogP contribution in [0.15, 0.2) is 6.07 Å². The Morgan fingerprint density at radius 1 is 1.31 bits per heavy atom. The molecule has 140 valence electrons. The number of anilines is 1. The number of aryl methyl sites for hydroxylation is 1. The summed E-state index contributed by atoms with van der Waals surface area (Å²) in [5, 5.41) is 8.45. The van der Waals surface area contributed by atoms with Gasteiger partial charge in [-0.3, -0.25) is 9.59 Å². The zero-order chi connectivity index (χ0) is 19.0. The maximum Gasteiger partial charge on any atom is 0.221 e. The normalized spacial score (nSPS) is 17.8. The fourth-order valence-corrected chi connectivity index (χ4v) is 3.69. The van der Waals surface area contributed by atoms with E-state index in [-0.39, 0.29) is 23.8 Å². The van der Waals surface area contributed by atoms with E-state index in [0.29, 0.717) is 6.54 Å². The average molecular weight is 357 g/mol. The highest BCUT2D eigenvalue weighted by Gasteiger charge is 2.26. The molecule has 1 aliphatic heterocycles. The van der Waals surface area contributed by atoms with E-state index in [0.717, 1.165) is 47.5 Å². The van der Waals surface area contributed by atoms with Crippen LogP contribution in [0.5, 0.6) is 0 Å². The predicted molar refractivity (Wildman–Crippen MR) is 101 cm³/mol.